The van der Waals surface area contributed by atoms with Gasteiger partial charge in [-0.25, -0.2) is 4.39 Å². The summed E-state index contributed by atoms with van der Waals surface area (Å²) >= 11 is 0. The van der Waals surface area contributed by atoms with Gasteiger partial charge in [0.2, 0.25) is 5.79 Å². The van der Waals surface area contributed by atoms with E-state index in [-0.39, 0.29) is 12.5 Å². The van der Waals surface area contributed by atoms with Gasteiger partial charge in [0, 0.05) is 12.5 Å². The number of nitriles is 1. The van der Waals surface area contributed by atoms with E-state index in [0.717, 1.165) is 5.56 Å². The summed E-state index contributed by atoms with van der Waals surface area (Å²) in [5.74, 6) is -1.93. The minimum Gasteiger partial charge on any atom is -0.266 e. The van der Waals surface area contributed by atoms with Crippen molar-refractivity contribution in [3.8, 4) is 6.07 Å². The van der Waals surface area contributed by atoms with Crippen LogP contribution >= 0.6 is 0 Å². The van der Waals surface area contributed by atoms with Gasteiger partial charge in [0.25, 0.3) is 0 Å². The molecule has 0 aliphatic heterocycles. The lowest BCUT2D eigenvalue weighted by atomic mass is 10.1. The monoisotopic (exact) mass is 220 g/mol. The van der Waals surface area contributed by atoms with Crippen molar-refractivity contribution < 1.29 is 4.39 Å². The molecule has 0 spiro atoms. The highest BCUT2D eigenvalue weighted by Gasteiger charge is 2.29. The largest absolute Gasteiger partial charge is 0.266 e. The molecule has 1 aromatic rings. The molecule has 0 aliphatic rings. The van der Waals surface area contributed by atoms with Gasteiger partial charge in [-0.05, 0) is 12.5 Å². The van der Waals surface area contributed by atoms with Gasteiger partial charge < -0.3 is 0 Å². The van der Waals surface area contributed by atoms with Crippen LogP contribution in [0.3, 0.4) is 0 Å². The minimum atomic E-state index is -1.93. The quantitative estimate of drug-likeness (QED) is 0.772. The molecule has 0 amide bonds. The van der Waals surface area contributed by atoms with Crippen molar-refractivity contribution in [3.05, 3.63) is 35.9 Å². The lowest BCUT2D eigenvalue weighted by Crippen LogP contribution is -2.40. The van der Waals surface area contributed by atoms with Gasteiger partial charge in [-0.15, -0.1) is 0 Å². The highest BCUT2D eigenvalue weighted by molar-refractivity contribution is 5.19. The van der Waals surface area contributed by atoms with Crippen molar-refractivity contribution in [1.82, 2.24) is 5.32 Å². The lowest BCUT2D eigenvalue weighted by molar-refractivity contribution is 0.153. The van der Waals surface area contributed by atoms with Crippen molar-refractivity contribution in [1.29, 1.82) is 5.26 Å². The first kappa shape index (κ1) is 12.7. The number of hydrogen-bond donors (Lipinski definition) is 1. The number of hydrogen-bond acceptors (Lipinski definition) is 2. The lowest BCUT2D eigenvalue weighted by Gasteiger charge is -2.23. The van der Waals surface area contributed by atoms with Crippen molar-refractivity contribution >= 4 is 0 Å². The Hall–Kier alpha value is -1.40. The number of halogens is 1. The van der Waals surface area contributed by atoms with Gasteiger partial charge in [0.05, 0.1) is 0 Å². The van der Waals surface area contributed by atoms with E-state index in [1.807, 2.05) is 44.2 Å². The van der Waals surface area contributed by atoms with E-state index >= 15 is 0 Å². The Morgan fingerprint density at radius 1 is 1.44 bits per heavy atom. The van der Waals surface area contributed by atoms with Crippen LogP contribution in [0.5, 0.6) is 0 Å². The molecule has 3 heteroatoms. The maximum absolute atomic E-state index is 14.0. The molecule has 0 heterocycles. The normalized spacial score (nSPS) is 16.1. The van der Waals surface area contributed by atoms with Gasteiger partial charge >= 0.3 is 0 Å². The molecule has 0 bridgehead atoms. The standard InChI is InChI=1S/C13H17FN2/c1-3-9-13(14,10-15)16-11(2)12-7-5-4-6-8-12/h4-8,11,16H,3,9H2,1-2H3. The molecule has 1 rings (SSSR count). The van der Waals surface area contributed by atoms with E-state index in [2.05, 4.69) is 5.32 Å². The predicted octanol–water partition coefficient (Wildman–Crippen LogP) is 3.33. The molecule has 1 N–H and O–H groups in total. The Morgan fingerprint density at radius 2 is 2.06 bits per heavy atom. The number of rotatable bonds is 5. The molecular formula is C13H17FN2. The van der Waals surface area contributed by atoms with E-state index in [0.29, 0.717) is 6.42 Å². The van der Waals surface area contributed by atoms with Crippen molar-refractivity contribution in [3.63, 3.8) is 0 Å². The molecule has 0 saturated carbocycles. The molecular weight excluding hydrogens is 203 g/mol. The van der Waals surface area contributed by atoms with E-state index < -0.39 is 5.79 Å². The Morgan fingerprint density at radius 3 is 2.56 bits per heavy atom. The molecule has 2 nitrogen and oxygen atoms in total. The summed E-state index contributed by atoms with van der Waals surface area (Å²) in [6, 6.07) is 11.1. The van der Waals surface area contributed by atoms with Gasteiger partial charge in [0.15, 0.2) is 0 Å². The van der Waals surface area contributed by atoms with E-state index in [1.165, 1.54) is 0 Å². The fourth-order valence-corrected chi connectivity index (χ4v) is 1.67. The molecule has 1 aromatic carbocycles. The molecule has 16 heavy (non-hydrogen) atoms. The van der Waals surface area contributed by atoms with Crippen LogP contribution < -0.4 is 5.32 Å². The second kappa shape index (κ2) is 5.62. The second-order valence-corrected chi connectivity index (χ2v) is 3.94. The molecule has 2 atom stereocenters. The third-order valence-electron chi connectivity index (χ3n) is 2.52. The Labute approximate surface area is 96.1 Å². The molecule has 2 unspecified atom stereocenters. The fraction of sp³-hybridized carbons (Fsp3) is 0.462. The number of nitrogens with zero attached hydrogens (tertiary/aromatic N) is 1. The zero-order valence-electron chi connectivity index (χ0n) is 9.70. The highest BCUT2D eigenvalue weighted by Crippen LogP contribution is 2.20. The van der Waals surface area contributed by atoms with E-state index in [9.17, 15) is 4.39 Å². The Balaban J connectivity index is 2.70. The van der Waals surface area contributed by atoms with Crippen LogP contribution in [-0.4, -0.2) is 5.79 Å². The van der Waals surface area contributed by atoms with Gasteiger partial charge in [-0.3, -0.25) is 5.32 Å². The van der Waals surface area contributed by atoms with Crippen LogP contribution in [-0.2, 0) is 0 Å². The molecule has 0 aromatic heterocycles. The van der Waals surface area contributed by atoms with E-state index in [1.54, 1.807) is 6.07 Å². The Kier molecular flexibility index (Phi) is 4.45. The number of nitrogens with one attached hydrogen (secondary N) is 1. The van der Waals surface area contributed by atoms with Crippen molar-refractivity contribution in [2.45, 2.75) is 38.5 Å². The number of benzene rings is 1. The van der Waals surface area contributed by atoms with Crippen LogP contribution in [0, 0.1) is 11.3 Å². The molecule has 86 valence electrons. The first-order valence-corrected chi connectivity index (χ1v) is 5.54. The zero-order chi connectivity index (χ0) is 12.0. The molecule has 0 radical (unpaired) electrons. The maximum atomic E-state index is 14.0. The predicted molar refractivity (Wildman–Crippen MR) is 62.4 cm³/mol. The van der Waals surface area contributed by atoms with E-state index in [4.69, 9.17) is 5.26 Å². The third-order valence-corrected chi connectivity index (χ3v) is 2.52. The topological polar surface area (TPSA) is 35.8 Å². The van der Waals surface area contributed by atoms with Crippen LogP contribution in [0.2, 0.25) is 0 Å². The van der Waals surface area contributed by atoms with Gasteiger partial charge in [-0.1, -0.05) is 43.7 Å². The first-order valence-electron chi connectivity index (χ1n) is 5.54. The molecule has 0 aliphatic carbocycles. The van der Waals surface area contributed by atoms with Crippen LogP contribution in [0.15, 0.2) is 30.3 Å². The smallest absolute Gasteiger partial charge is 0.248 e. The number of alkyl halides is 1. The van der Waals surface area contributed by atoms with Crippen molar-refractivity contribution in [2.75, 3.05) is 0 Å². The average Bonchev–Trinajstić information content (AvgIpc) is 2.30. The minimum absolute atomic E-state index is 0.169. The summed E-state index contributed by atoms with van der Waals surface area (Å²) in [5, 5.41) is 11.6. The summed E-state index contributed by atoms with van der Waals surface area (Å²) in [6.07, 6.45) is 0.846. The van der Waals surface area contributed by atoms with Crippen LogP contribution in [0.25, 0.3) is 0 Å². The maximum Gasteiger partial charge on any atom is 0.248 e. The summed E-state index contributed by atoms with van der Waals surface area (Å²) < 4.78 is 14.0. The first-order chi connectivity index (χ1) is 7.61. The summed E-state index contributed by atoms with van der Waals surface area (Å²) in [7, 11) is 0. The zero-order valence-corrected chi connectivity index (χ0v) is 9.70. The molecule has 0 saturated heterocycles. The molecule has 0 fully saturated rings. The van der Waals surface area contributed by atoms with Crippen molar-refractivity contribution in [2.24, 2.45) is 0 Å². The highest BCUT2D eigenvalue weighted by atomic mass is 19.1. The van der Waals surface area contributed by atoms with Crippen LogP contribution in [0.4, 0.5) is 4.39 Å². The summed E-state index contributed by atoms with van der Waals surface area (Å²) in [4.78, 5) is 0. The average molecular weight is 220 g/mol. The SMILES string of the molecule is CCCC(F)(C#N)NC(C)c1ccccc1. The summed E-state index contributed by atoms with van der Waals surface area (Å²) in [5.41, 5.74) is 0.982. The third kappa shape index (κ3) is 3.32. The van der Waals surface area contributed by atoms with Crippen LogP contribution in [0.1, 0.15) is 38.3 Å². The Bertz CT molecular complexity index is 358. The van der Waals surface area contributed by atoms with Gasteiger partial charge in [-0.2, -0.15) is 5.26 Å². The second-order valence-electron chi connectivity index (χ2n) is 3.94. The van der Waals surface area contributed by atoms with Gasteiger partial charge in [0.1, 0.15) is 6.07 Å². The fourth-order valence-electron chi connectivity index (χ4n) is 1.67. The summed E-state index contributed by atoms with van der Waals surface area (Å²) in [6.45, 7) is 3.72.